The number of phenols is 1. The van der Waals surface area contributed by atoms with E-state index in [0.717, 1.165) is 0 Å². The van der Waals surface area contributed by atoms with Gasteiger partial charge in [-0.05, 0) is 25.0 Å². The third-order valence-corrected chi connectivity index (χ3v) is 4.35. The number of aliphatic hydroxyl groups is 1. The van der Waals surface area contributed by atoms with Crippen molar-refractivity contribution in [2.24, 2.45) is 11.8 Å². The lowest BCUT2D eigenvalue weighted by Crippen LogP contribution is -2.43. The molecular formula is C15H18O5. The molecule has 0 amide bonds. The SMILES string of the molecule is COc1cc(O)c2c(c1)C(O)C1CC(C)OCC1C2=O. The van der Waals surface area contributed by atoms with Gasteiger partial charge < -0.3 is 19.7 Å². The van der Waals surface area contributed by atoms with Crippen molar-refractivity contribution in [1.29, 1.82) is 0 Å². The molecule has 1 saturated heterocycles. The first kappa shape index (κ1) is 13.4. The average molecular weight is 278 g/mol. The molecule has 1 aromatic rings. The van der Waals surface area contributed by atoms with Gasteiger partial charge in [-0.1, -0.05) is 0 Å². The van der Waals surface area contributed by atoms with Crippen LogP contribution in [0.1, 0.15) is 35.4 Å². The second-order valence-electron chi connectivity index (χ2n) is 5.57. The Balaban J connectivity index is 2.11. The van der Waals surface area contributed by atoms with Gasteiger partial charge in [-0.2, -0.15) is 0 Å². The number of carbonyl (C=O) groups is 1. The van der Waals surface area contributed by atoms with Gasteiger partial charge >= 0.3 is 0 Å². The van der Waals surface area contributed by atoms with E-state index in [2.05, 4.69) is 0 Å². The summed E-state index contributed by atoms with van der Waals surface area (Å²) in [5.74, 6) is -0.396. The van der Waals surface area contributed by atoms with E-state index in [1.54, 1.807) is 6.07 Å². The zero-order valence-electron chi connectivity index (χ0n) is 11.5. The van der Waals surface area contributed by atoms with Crippen molar-refractivity contribution >= 4 is 5.78 Å². The minimum Gasteiger partial charge on any atom is -0.507 e. The molecule has 4 atom stereocenters. The van der Waals surface area contributed by atoms with Crippen LogP contribution in [-0.2, 0) is 4.74 Å². The molecule has 0 radical (unpaired) electrons. The van der Waals surface area contributed by atoms with E-state index in [-0.39, 0.29) is 35.0 Å². The van der Waals surface area contributed by atoms with Gasteiger partial charge in [-0.15, -0.1) is 0 Å². The summed E-state index contributed by atoms with van der Waals surface area (Å²) in [5, 5.41) is 20.6. The largest absolute Gasteiger partial charge is 0.507 e. The predicted octanol–water partition coefficient (Wildman–Crippen LogP) is 1.67. The van der Waals surface area contributed by atoms with Crippen LogP contribution in [0.25, 0.3) is 0 Å². The molecule has 5 heteroatoms. The summed E-state index contributed by atoms with van der Waals surface area (Å²) >= 11 is 0. The van der Waals surface area contributed by atoms with Gasteiger partial charge in [0.05, 0.1) is 37.4 Å². The number of hydrogen-bond donors (Lipinski definition) is 2. The van der Waals surface area contributed by atoms with Gasteiger partial charge in [-0.25, -0.2) is 0 Å². The van der Waals surface area contributed by atoms with Crippen LogP contribution in [-0.4, -0.2) is 35.8 Å². The zero-order valence-corrected chi connectivity index (χ0v) is 11.5. The minimum atomic E-state index is -0.778. The summed E-state index contributed by atoms with van der Waals surface area (Å²) < 4.78 is 10.6. The average Bonchev–Trinajstić information content (AvgIpc) is 2.43. The topological polar surface area (TPSA) is 76.0 Å². The third kappa shape index (κ3) is 1.89. The smallest absolute Gasteiger partial charge is 0.172 e. The van der Waals surface area contributed by atoms with E-state index < -0.39 is 6.10 Å². The number of benzene rings is 1. The summed E-state index contributed by atoms with van der Waals surface area (Å²) in [6, 6.07) is 3.03. The number of phenolic OH excluding ortho intramolecular Hbond substituents is 1. The third-order valence-electron chi connectivity index (χ3n) is 4.35. The highest BCUT2D eigenvalue weighted by molar-refractivity contribution is 6.03. The number of rotatable bonds is 1. The number of methoxy groups -OCH3 is 1. The molecule has 2 N–H and O–H groups in total. The van der Waals surface area contributed by atoms with Gasteiger partial charge in [0.15, 0.2) is 5.78 Å². The molecule has 1 aliphatic carbocycles. The van der Waals surface area contributed by atoms with Crippen molar-refractivity contribution in [2.45, 2.75) is 25.6 Å². The fourth-order valence-electron chi connectivity index (χ4n) is 3.28. The molecule has 1 aromatic carbocycles. The van der Waals surface area contributed by atoms with E-state index in [1.807, 2.05) is 6.92 Å². The van der Waals surface area contributed by atoms with E-state index in [1.165, 1.54) is 13.2 Å². The van der Waals surface area contributed by atoms with Crippen LogP contribution in [0, 0.1) is 11.8 Å². The second kappa shape index (κ2) is 4.75. The standard InChI is InChI=1S/C15H18O5/c1-7-3-9-11(6-20-7)15(18)13-10(14(9)17)4-8(19-2)5-12(13)16/h4-5,7,9,11,14,16-17H,3,6H2,1-2H3. The summed E-state index contributed by atoms with van der Waals surface area (Å²) in [6.45, 7) is 2.23. The molecule has 1 aliphatic heterocycles. The first-order chi connectivity index (χ1) is 9.52. The predicted molar refractivity (Wildman–Crippen MR) is 71.0 cm³/mol. The highest BCUT2D eigenvalue weighted by Gasteiger charge is 2.45. The quantitative estimate of drug-likeness (QED) is 0.817. The molecule has 1 fully saturated rings. The van der Waals surface area contributed by atoms with Crippen LogP contribution in [0.15, 0.2) is 12.1 Å². The van der Waals surface area contributed by atoms with Crippen molar-refractivity contribution in [1.82, 2.24) is 0 Å². The van der Waals surface area contributed by atoms with E-state index in [4.69, 9.17) is 9.47 Å². The van der Waals surface area contributed by atoms with Crippen LogP contribution >= 0.6 is 0 Å². The van der Waals surface area contributed by atoms with Crippen LogP contribution < -0.4 is 4.74 Å². The summed E-state index contributed by atoms with van der Waals surface area (Å²) in [5.41, 5.74) is 0.667. The van der Waals surface area contributed by atoms with Crippen LogP contribution in [0.2, 0.25) is 0 Å². The van der Waals surface area contributed by atoms with Crippen LogP contribution in [0.4, 0.5) is 0 Å². The van der Waals surface area contributed by atoms with Crippen molar-refractivity contribution in [3.05, 3.63) is 23.3 Å². The second-order valence-corrected chi connectivity index (χ2v) is 5.57. The molecular weight excluding hydrogens is 260 g/mol. The van der Waals surface area contributed by atoms with E-state index in [0.29, 0.717) is 24.3 Å². The van der Waals surface area contributed by atoms with Crippen molar-refractivity contribution in [3.8, 4) is 11.5 Å². The maximum Gasteiger partial charge on any atom is 0.172 e. The van der Waals surface area contributed by atoms with E-state index >= 15 is 0 Å². The Labute approximate surface area is 117 Å². The van der Waals surface area contributed by atoms with E-state index in [9.17, 15) is 15.0 Å². The number of carbonyl (C=O) groups excluding carboxylic acids is 1. The zero-order chi connectivity index (χ0) is 14.4. The summed E-state index contributed by atoms with van der Waals surface area (Å²) in [4.78, 5) is 12.5. The lowest BCUT2D eigenvalue weighted by Gasteiger charge is -2.41. The Hall–Kier alpha value is -1.59. The Bertz CT molecular complexity index is 553. The Morgan fingerprint density at radius 1 is 1.40 bits per heavy atom. The van der Waals surface area contributed by atoms with Crippen molar-refractivity contribution in [2.75, 3.05) is 13.7 Å². The number of aliphatic hydroxyl groups excluding tert-OH is 1. The lowest BCUT2D eigenvalue weighted by atomic mass is 9.70. The normalized spacial score (nSPS) is 32.5. The Morgan fingerprint density at radius 2 is 2.15 bits per heavy atom. The number of fused-ring (bicyclic) bond motifs is 2. The fraction of sp³-hybridized carbons (Fsp3) is 0.533. The lowest BCUT2D eigenvalue weighted by molar-refractivity contribution is -0.0688. The van der Waals surface area contributed by atoms with Crippen molar-refractivity contribution in [3.63, 3.8) is 0 Å². The molecule has 20 heavy (non-hydrogen) atoms. The summed E-state index contributed by atoms with van der Waals surface area (Å²) in [7, 11) is 1.48. The Morgan fingerprint density at radius 3 is 2.85 bits per heavy atom. The molecule has 4 unspecified atom stereocenters. The minimum absolute atomic E-state index is 0.0273. The number of aromatic hydroxyl groups is 1. The molecule has 1 heterocycles. The number of hydrogen-bond acceptors (Lipinski definition) is 5. The maximum absolute atomic E-state index is 12.5. The number of Topliss-reactive ketones (excluding diaryl/α,β-unsaturated/α-hetero) is 1. The monoisotopic (exact) mass is 278 g/mol. The molecule has 0 spiro atoms. The highest BCUT2D eigenvalue weighted by atomic mass is 16.5. The molecule has 108 valence electrons. The van der Waals surface area contributed by atoms with Gasteiger partial charge in [0.1, 0.15) is 11.5 Å². The van der Waals surface area contributed by atoms with Gasteiger partial charge in [0.2, 0.25) is 0 Å². The van der Waals surface area contributed by atoms with Gasteiger partial charge in [0.25, 0.3) is 0 Å². The van der Waals surface area contributed by atoms with Crippen LogP contribution in [0.5, 0.6) is 11.5 Å². The fourth-order valence-corrected chi connectivity index (χ4v) is 3.28. The molecule has 0 aromatic heterocycles. The van der Waals surface area contributed by atoms with Crippen LogP contribution in [0.3, 0.4) is 0 Å². The molecule has 5 nitrogen and oxygen atoms in total. The summed E-state index contributed by atoms with van der Waals surface area (Å²) in [6.07, 6.45) is -0.117. The number of ketones is 1. The van der Waals surface area contributed by atoms with Gasteiger partial charge in [0, 0.05) is 12.0 Å². The first-order valence-corrected chi connectivity index (χ1v) is 6.77. The maximum atomic E-state index is 12.5. The molecule has 0 bridgehead atoms. The Kier molecular flexibility index (Phi) is 3.18. The number of ether oxygens (including phenoxy) is 2. The molecule has 0 saturated carbocycles. The van der Waals surface area contributed by atoms with Crippen molar-refractivity contribution < 1.29 is 24.5 Å². The first-order valence-electron chi connectivity index (χ1n) is 6.77. The highest BCUT2D eigenvalue weighted by Crippen LogP contribution is 2.46. The molecule has 2 aliphatic rings. The molecule has 3 rings (SSSR count). The van der Waals surface area contributed by atoms with Gasteiger partial charge in [-0.3, -0.25) is 4.79 Å².